The molecule has 2 nitrogen and oxygen atoms in total. The van der Waals surface area contributed by atoms with Gasteiger partial charge in [-0.2, -0.15) is 0 Å². The standard InChI is InChI=1S/C46H52N2/c1-3-5-7-9-11-17-31-47-43-21-15-13-19-39(43)41-29-27-37(33-45(41)47)35-23-25-36(26-24-35)38-28-30-42-40-20-14-16-22-44(40)48(46(42)34-38)32-18-12-10-8-6-4-2/h13-16,19-30,33-34H,3-12,17-18,31-32H2,1-2H3. The lowest BCUT2D eigenvalue weighted by Crippen LogP contribution is -1.98. The van der Waals surface area contributed by atoms with Crippen molar-refractivity contribution in [3.05, 3.63) is 109 Å². The van der Waals surface area contributed by atoms with Gasteiger partial charge in [0.25, 0.3) is 0 Å². The lowest BCUT2D eigenvalue weighted by molar-refractivity contribution is 0.571. The van der Waals surface area contributed by atoms with Crippen LogP contribution in [0.1, 0.15) is 90.9 Å². The van der Waals surface area contributed by atoms with E-state index in [4.69, 9.17) is 0 Å². The highest BCUT2D eigenvalue weighted by Gasteiger charge is 2.14. The molecule has 0 aliphatic rings. The molecular formula is C46H52N2. The molecule has 0 spiro atoms. The summed E-state index contributed by atoms with van der Waals surface area (Å²) in [6.45, 7) is 6.74. The molecule has 7 aromatic rings. The first kappa shape index (κ1) is 32.3. The number of hydrogen-bond acceptors (Lipinski definition) is 0. The minimum atomic E-state index is 1.08. The number of fused-ring (bicyclic) bond motifs is 6. The first-order valence-corrected chi connectivity index (χ1v) is 18.9. The van der Waals surface area contributed by atoms with E-state index >= 15 is 0 Å². The van der Waals surface area contributed by atoms with Crippen molar-refractivity contribution in [2.75, 3.05) is 0 Å². The average molecular weight is 633 g/mol. The molecule has 0 amide bonds. The van der Waals surface area contributed by atoms with E-state index in [1.54, 1.807) is 0 Å². The van der Waals surface area contributed by atoms with Crippen LogP contribution in [0.15, 0.2) is 109 Å². The van der Waals surface area contributed by atoms with Crippen molar-refractivity contribution >= 4 is 43.6 Å². The Morgan fingerprint density at radius 2 is 0.688 bits per heavy atom. The van der Waals surface area contributed by atoms with E-state index in [1.165, 1.54) is 143 Å². The van der Waals surface area contributed by atoms with Crippen molar-refractivity contribution in [1.29, 1.82) is 0 Å². The Labute approximate surface area is 287 Å². The van der Waals surface area contributed by atoms with Crippen LogP contribution in [0.25, 0.3) is 65.9 Å². The molecule has 48 heavy (non-hydrogen) atoms. The third-order valence-electron chi connectivity index (χ3n) is 10.6. The second-order valence-electron chi connectivity index (χ2n) is 13.9. The van der Waals surface area contributed by atoms with Crippen LogP contribution in [0.3, 0.4) is 0 Å². The van der Waals surface area contributed by atoms with Gasteiger partial charge in [0.1, 0.15) is 0 Å². The summed E-state index contributed by atoms with van der Waals surface area (Å²) in [7, 11) is 0. The highest BCUT2D eigenvalue weighted by molar-refractivity contribution is 6.10. The summed E-state index contributed by atoms with van der Waals surface area (Å²) in [4.78, 5) is 0. The van der Waals surface area contributed by atoms with Gasteiger partial charge in [-0.3, -0.25) is 0 Å². The maximum atomic E-state index is 2.57. The van der Waals surface area contributed by atoms with E-state index in [1.807, 2.05) is 0 Å². The summed E-state index contributed by atoms with van der Waals surface area (Å²) < 4.78 is 5.14. The number of nitrogens with zero attached hydrogens (tertiary/aromatic N) is 2. The van der Waals surface area contributed by atoms with Crippen LogP contribution in [-0.4, -0.2) is 9.13 Å². The van der Waals surface area contributed by atoms with Gasteiger partial charge in [-0.1, -0.05) is 163 Å². The van der Waals surface area contributed by atoms with E-state index in [0.717, 1.165) is 13.1 Å². The number of aromatic nitrogens is 2. The van der Waals surface area contributed by atoms with Crippen molar-refractivity contribution in [2.24, 2.45) is 0 Å². The van der Waals surface area contributed by atoms with Gasteiger partial charge in [-0.25, -0.2) is 0 Å². The molecule has 0 saturated heterocycles. The van der Waals surface area contributed by atoms with E-state index in [2.05, 4.69) is 132 Å². The summed E-state index contributed by atoms with van der Waals surface area (Å²) in [5.41, 5.74) is 10.6. The third-order valence-corrected chi connectivity index (χ3v) is 10.6. The summed E-state index contributed by atoms with van der Waals surface area (Å²) in [6, 6.07) is 41.3. The minimum Gasteiger partial charge on any atom is -0.340 e. The Kier molecular flexibility index (Phi) is 10.3. The molecule has 0 radical (unpaired) electrons. The number of aryl methyl sites for hydroxylation is 2. The molecule has 0 fully saturated rings. The van der Waals surface area contributed by atoms with E-state index < -0.39 is 0 Å². The summed E-state index contributed by atoms with van der Waals surface area (Å²) in [5.74, 6) is 0. The summed E-state index contributed by atoms with van der Waals surface area (Å²) in [6.07, 6.45) is 15.8. The highest BCUT2D eigenvalue weighted by atomic mass is 15.0. The SMILES string of the molecule is CCCCCCCCn1c2ccccc2c2ccc(-c3ccc(-c4ccc5c6ccccc6n(CCCCCCCC)c5c4)cc3)cc21. The predicted octanol–water partition coefficient (Wildman–Crippen LogP) is 14.0. The first-order chi connectivity index (χ1) is 23.8. The minimum absolute atomic E-state index is 1.08. The average Bonchev–Trinajstić information content (AvgIpc) is 3.62. The predicted molar refractivity (Wildman–Crippen MR) is 210 cm³/mol. The third kappa shape index (κ3) is 6.68. The van der Waals surface area contributed by atoms with Crippen LogP contribution in [0, 0.1) is 0 Å². The monoisotopic (exact) mass is 632 g/mol. The lowest BCUT2D eigenvalue weighted by Gasteiger charge is -2.10. The van der Waals surface area contributed by atoms with Crippen molar-refractivity contribution in [3.63, 3.8) is 0 Å². The molecule has 0 N–H and O–H groups in total. The lowest BCUT2D eigenvalue weighted by atomic mass is 9.98. The summed E-state index contributed by atoms with van der Waals surface area (Å²) >= 11 is 0. The van der Waals surface area contributed by atoms with Crippen molar-refractivity contribution in [2.45, 2.75) is 104 Å². The largest absolute Gasteiger partial charge is 0.340 e. The Morgan fingerprint density at radius 3 is 1.12 bits per heavy atom. The number of hydrogen-bond donors (Lipinski definition) is 0. The van der Waals surface area contributed by atoms with Crippen molar-refractivity contribution < 1.29 is 0 Å². The second-order valence-corrected chi connectivity index (χ2v) is 13.9. The fourth-order valence-electron chi connectivity index (χ4n) is 7.90. The smallest absolute Gasteiger partial charge is 0.0497 e. The van der Waals surface area contributed by atoms with Crippen molar-refractivity contribution in [1.82, 2.24) is 9.13 Å². The maximum Gasteiger partial charge on any atom is 0.0497 e. The van der Waals surface area contributed by atoms with Crippen LogP contribution in [0.5, 0.6) is 0 Å². The zero-order valence-corrected chi connectivity index (χ0v) is 29.2. The molecule has 7 rings (SSSR count). The van der Waals surface area contributed by atoms with Gasteiger partial charge in [0.15, 0.2) is 0 Å². The molecule has 2 heteroatoms. The summed E-state index contributed by atoms with van der Waals surface area (Å²) in [5, 5.41) is 5.46. The van der Waals surface area contributed by atoms with E-state index in [0.29, 0.717) is 0 Å². The molecule has 0 aliphatic heterocycles. The quantitative estimate of drug-likeness (QED) is 0.0938. The molecule has 2 aromatic heterocycles. The van der Waals surface area contributed by atoms with Crippen LogP contribution < -0.4 is 0 Å². The zero-order valence-electron chi connectivity index (χ0n) is 29.2. The van der Waals surface area contributed by atoms with Crippen LogP contribution in [0.2, 0.25) is 0 Å². The fourth-order valence-corrected chi connectivity index (χ4v) is 7.90. The van der Waals surface area contributed by atoms with Crippen LogP contribution in [0.4, 0.5) is 0 Å². The molecule has 0 saturated carbocycles. The molecule has 0 atom stereocenters. The molecule has 0 bridgehead atoms. The van der Waals surface area contributed by atoms with Gasteiger partial charge in [0.2, 0.25) is 0 Å². The molecule has 2 heterocycles. The van der Waals surface area contributed by atoms with Gasteiger partial charge in [-0.05, 0) is 59.4 Å². The maximum absolute atomic E-state index is 2.57. The topological polar surface area (TPSA) is 9.86 Å². The van der Waals surface area contributed by atoms with Crippen LogP contribution in [-0.2, 0) is 13.1 Å². The van der Waals surface area contributed by atoms with Crippen LogP contribution >= 0.6 is 0 Å². The number of para-hydroxylation sites is 2. The molecule has 0 unspecified atom stereocenters. The second kappa shape index (κ2) is 15.3. The van der Waals surface area contributed by atoms with Crippen molar-refractivity contribution in [3.8, 4) is 22.3 Å². The van der Waals surface area contributed by atoms with Gasteiger partial charge in [0, 0.05) is 56.7 Å². The Bertz CT molecular complexity index is 1950. The normalized spacial score (nSPS) is 11.9. The van der Waals surface area contributed by atoms with Gasteiger partial charge in [0.05, 0.1) is 0 Å². The number of unbranched alkanes of at least 4 members (excludes halogenated alkanes) is 10. The Balaban J connectivity index is 1.15. The van der Waals surface area contributed by atoms with Gasteiger partial charge in [-0.15, -0.1) is 0 Å². The first-order valence-electron chi connectivity index (χ1n) is 18.9. The number of benzene rings is 5. The molecule has 5 aromatic carbocycles. The van der Waals surface area contributed by atoms with Gasteiger partial charge < -0.3 is 9.13 Å². The molecule has 0 aliphatic carbocycles. The molecule has 246 valence electrons. The van der Waals surface area contributed by atoms with Gasteiger partial charge >= 0.3 is 0 Å². The fraction of sp³-hybridized carbons (Fsp3) is 0.348. The van der Waals surface area contributed by atoms with E-state index in [9.17, 15) is 0 Å². The molecular weight excluding hydrogens is 581 g/mol. The Hall–Kier alpha value is -4.30. The Morgan fingerprint density at radius 1 is 0.333 bits per heavy atom. The highest BCUT2D eigenvalue weighted by Crippen LogP contribution is 2.36. The zero-order chi connectivity index (χ0) is 32.7. The van der Waals surface area contributed by atoms with E-state index in [-0.39, 0.29) is 0 Å². The number of rotatable bonds is 16.